The van der Waals surface area contributed by atoms with Gasteiger partial charge in [0.2, 0.25) is 6.41 Å². The molecule has 0 radical (unpaired) electrons. The van der Waals surface area contributed by atoms with E-state index in [4.69, 9.17) is 4.74 Å². The highest BCUT2D eigenvalue weighted by Crippen LogP contribution is 2.02. The molecule has 0 aliphatic heterocycles. The average molecular weight is 203 g/mol. The Balaban J connectivity index is 3.93. The smallest absolute Gasteiger partial charge is 0.415 e. The van der Waals surface area contributed by atoms with Crippen molar-refractivity contribution >= 4 is 20.6 Å². The largest absolute Gasteiger partial charge is 0.453 e. The Labute approximate surface area is 79.9 Å². The van der Waals surface area contributed by atoms with E-state index in [9.17, 15) is 9.59 Å². The number of carbonyl (C=O) groups excluding carboxylic acids is 2. The van der Waals surface area contributed by atoms with Gasteiger partial charge in [-0.15, -0.1) is 0 Å². The van der Waals surface area contributed by atoms with Gasteiger partial charge in [-0.3, -0.25) is 9.69 Å². The van der Waals surface area contributed by atoms with Crippen molar-refractivity contribution < 1.29 is 14.3 Å². The van der Waals surface area contributed by atoms with Crippen LogP contribution in [0.15, 0.2) is 0 Å². The molecule has 0 aliphatic carbocycles. The van der Waals surface area contributed by atoms with E-state index in [1.54, 1.807) is 6.92 Å². The zero-order valence-corrected chi connectivity index (χ0v) is 9.66. The molecule has 0 rings (SSSR count). The molecular weight excluding hydrogens is 186 g/mol. The van der Waals surface area contributed by atoms with Gasteiger partial charge in [0.1, 0.15) is 0 Å². The number of amides is 2. The van der Waals surface area contributed by atoms with Gasteiger partial charge in [-0.25, -0.2) is 4.79 Å². The maximum Gasteiger partial charge on any atom is 0.415 e. The third-order valence-corrected chi connectivity index (χ3v) is 2.34. The highest BCUT2D eigenvalue weighted by atomic mass is 28.3. The van der Waals surface area contributed by atoms with Crippen molar-refractivity contribution in [1.29, 1.82) is 0 Å². The highest BCUT2D eigenvalue weighted by Gasteiger charge is 2.18. The second-order valence-corrected chi connectivity index (χ2v) is 9.42. The number of hydrogen-bond donors (Lipinski definition) is 0. The molecule has 0 aromatic rings. The van der Waals surface area contributed by atoms with E-state index in [2.05, 4.69) is 19.6 Å². The number of carbonyl (C=O) groups is 2. The van der Waals surface area contributed by atoms with Gasteiger partial charge in [0.25, 0.3) is 0 Å². The molecule has 0 heterocycles. The summed E-state index contributed by atoms with van der Waals surface area (Å²) in [7, 11) is -1.38. The first-order valence-electron chi connectivity index (χ1n) is 4.29. The van der Waals surface area contributed by atoms with Gasteiger partial charge in [0, 0.05) is 6.54 Å². The summed E-state index contributed by atoms with van der Waals surface area (Å²) in [6.07, 6.45) is 0.405. The molecule has 0 aliphatic rings. The van der Waals surface area contributed by atoms with Crippen molar-refractivity contribution in [3.8, 4) is 0 Å². The Kier molecular flexibility index (Phi) is 4.69. The van der Waals surface area contributed by atoms with Crippen LogP contribution >= 0.6 is 0 Å². The predicted molar refractivity (Wildman–Crippen MR) is 53.1 cm³/mol. The highest BCUT2D eigenvalue weighted by molar-refractivity contribution is 6.76. The molecule has 0 bridgehead atoms. The number of imide groups is 1. The lowest BCUT2D eigenvalue weighted by Gasteiger charge is -2.18. The summed E-state index contributed by atoms with van der Waals surface area (Å²) in [4.78, 5) is 22.5. The number of rotatable bonds is 4. The quantitative estimate of drug-likeness (QED) is 0.513. The van der Waals surface area contributed by atoms with Crippen LogP contribution in [0.1, 0.15) is 6.92 Å². The molecular formula is C8H17NO3Si. The topological polar surface area (TPSA) is 46.6 Å². The molecule has 0 aromatic heterocycles. The number of hydrogen-bond acceptors (Lipinski definition) is 3. The Hall–Kier alpha value is -0.843. The summed E-state index contributed by atoms with van der Waals surface area (Å²) >= 11 is 0. The lowest BCUT2D eigenvalue weighted by molar-refractivity contribution is -0.116. The second kappa shape index (κ2) is 5.01. The van der Waals surface area contributed by atoms with Crippen LogP contribution in [-0.2, 0) is 9.53 Å². The van der Waals surface area contributed by atoms with Gasteiger partial charge in [-0.05, 0) is 6.92 Å². The fourth-order valence-corrected chi connectivity index (χ4v) is 1.16. The van der Waals surface area contributed by atoms with E-state index in [0.29, 0.717) is 19.2 Å². The van der Waals surface area contributed by atoms with Gasteiger partial charge in [-0.1, -0.05) is 19.6 Å². The lowest BCUT2D eigenvalue weighted by atomic mass is 10.7. The van der Waals surface area contributed by atoms with Crippen LogP contribution in [0.5, 0.6) is 0 Å². The molecule has 0 aromatic carbocycles. The van der Waals surface area contributed by atoms with Crippen LogP contribution in [0.25, 0.3) is 0 Å². The summed E-state index contributed by atoms with van der Waals surface area (Å²) in [5.41, 5.74) is 0. The summed E-state index contributed by atoms with van der Waals surface area (Å²) in [6, 6.07) is 0. The molecule has 76 valence electrons. The van der Waals surface area contributed by atoms with E-state index in [0.717, 1.165) is 4.90 Å². The predicted octanol–water partition coefficient (Wildman–Crippen LogP) is 1.48. The standard InChI is InChI=1S/C8H17NO3Si/c1-5-9(6-10)8(11)12-7-13(2,3)4/h6H,5,7H2,1-4H3. The minimum absolute atomic E-state index is 0.355. The van der Waals surface area contributed by atoms with Crippen LogP contribution in [0.4, 0.5) is 4.79 Å². The van der Waals surface area contributed by atoms with E-state index in [1.807, 2.05) is 0 Å². The van der Waals surface area contributed by atoms with Crippen LogP contribution in [-0.4, -0.2) is 38.3 Å². The molecule has 0 atom stereocenters. The van der Waals surface area contributed by atoms with Gasteiger partial charge in [0.05, 0.1) is 14.3 Å². The molecule has 4 nitrogen and oxygen atoms in total. The molecule has 0 N–H and O–H groups in total. The van der Waals surface area contributed by atoms with E-state index in [-0.39, 0.29) is 0 Å². The first-order valence-corrected chi connectivity index (χ1v) is 8.00. The normalized spacial score (nSPS) is 10.8. The Morgan fingerprint density at radius 2 is 2.00 bits per heavy atom. The van der Waals surface area contributed by atoms with Crippen molar-refractivity contribution in [2.75, 3.05) is 12.8 Å². The first-order chi connectivity index (χ1) is 5.90. The minimum Gasteiger partial charge on any atom is -0.453 e. The molecule has 5 heteroatoms. The minimum atomic E-state index is -1.38. The molecule has 0 saturated carbocycles. The molecule has 0 unspecified atom stereocenters. The van der Waals surface area contributed by atoms with Crippen molar-refractivity contribution in [3.63, 3.8) is 0 Å². The van der Waals surface area contributed by atoms with Gasteiger partial charge < -0.3 is 4.74 Å². The fraction of sp³-hybridized carbons (Fsp3) is 0.750. The average Bonchev–Trinajstić information content (AvgIpc) is 2.02. The third-order valence-electron chi connectivity index (χ3n) is 1.33. The summed E-state index contributed by atoms with van der Waals surface area (Å²) in [6.45, 7) is 8.37. The molecule has 0 saturated heterocycles. The molecule has 13 heavy (non-hydrogen) atoms. The van der Waals surface area contributed by atoms with Crippen molar-refractivity contribution in [1.82, 2.24) is 4.90 Å². The van der Waals surface area contributed by atoms with E-state index >= 15 is 0 Å². The zero-order valence-electron chi connectivity index (χ0n) is 8.66. The summed E-state index contributed by atoms with van der Waals surface area (Å²) < 4.78 is 4.97. The van der Waals surface area contributed by atoms with Crippen LogP contribution in [0.3, 0.4) is 0 Å². The third kappa shape index (κ3) is 5.40. The Morgan fingerprint density at radius 1 is 1.46 bits per heavy atom. The van der Waals surface area contributed by atoms with Crippen molar-refractivity contribution in [2.24, 2.45) is 0 Å². The van der Waals surface area contributed by atoms with Gasteiger partial charge >= 0.3 is 6.09 Å². The fourth-order valence-electron chi connectivity index (χ4n) is 0.608. The zero-order chi connectivity index (χ0) is 10.5. The number of ether oxygens (including phenoxy) is 1. The molecule has 0 spiro atoms. The van der Waals surface area contributed by atoms with Crippen LogP contribution < -0.4 is 0 Å². The summed E-state index contributed by atoms with van der Waals surface area (Å²) in [5, 5.41) is 0. The number of nitrogens with zero attached hydrogens (tertiary/aromatic N) is 1. The molecule has 2 amide bonds. The van der Waals surface area contributed by atoms with Crippen molar-refractivity contribution in [2.45, 2.75) is 26.6 Å². The van der Waals surface area contributed by atoms with E-state index < -0.39 is 14.2 Å². The monoisotopic (exact) mass is 203 g/mol. The Bertz CT molecular complexity index is 188. The van der Waals surface area contributed by atoms with Gasteiger partial charge in [0.15, 0.2) is 0 Å². The van der Waals surface area contributed by atoms with E-state index in [1.165, 1.54) is 0 Å². The van der Waals surface area contributed by atoms with Crippen LogP contribution in [0.2, 0.25) is 19.6 Å². The SMILES string of the molecule is CCN(C=O)C(=O)OC[Si](C)(C)C. The van der Waals surface area contributed by atoms with Crippen molar-refractivity contribution in [3.05, 3.63) is 0 Å². The second-order valence-electron chi connectivity index (χ2n) is 4.01. The Morgan fingerprint density at radius 3 is 2.31 bits per heavy atom. The molecule has 0 fully saturated rings. The van der Waals surface area contributed by atoms with Crippen LogP contribution in [0, 0.1) is 0 Å². The first kappa shape index (κ1) is 12.2. The summed E-state index contributed by atoms with van der Waals surface area (Å²) in [5.74, 6) is 0. The maximum absolute atomic E-state index is 11.1. The lowest BCUT2D eigenvalue weighted by Crippen LogP contribution is -2.36. The maximum atomic E-state index is 11.1. The van der Waals surface area contributed by atoms with Gasteiger partial charge in [-0.2, -0.15) is 0 Å².